The minimum Gasteiger partial charge on any atom is -0.490 e. The molecule has 2 N–H and O–H groups in total. The topological polar surface area (TPSA) is 75.6 Å². The van der Waals surface area contributed by atoms with Gasteiger partial charge in [0, 0.05) is 6.08 Å². The highest BCUT2D eigenvalue weighted by molar-refractivity contribution is 6.06. The molecule has 0 atom stereocenters. The van der Waals surface area contributed by atoms with E-state index in [0.29, 0.717) is 6.10 Å². The summed E-state index contributed by atoms with van der Waals surface area (Å²) in [5.41, 5.74) is 2.23. The average molecular weight is 351 g/mol. The minimum absolute atomic E-state index is 0.0580. The summed E-state index contributed by atoms with van der Waals surface area (Å²) in [6.45, 7) is 1.98. The molecule has 2 aromatic rings. The first kappa shape index (κ1) is 17.7. The van der Waals surface area contributed by atoms with Crippen molar-refractivity contribution < 1.29 is 19.4 Å². The zero-order valence-electron chi connectivity index (χ0n) is 14.6. The fraction of sp³-hybridized carbons (Fsp3) is 0.238. The van der Waals surface area contributed by atoms with Gasteiger partial charge in [0.2, 0.25) is 5.91 Å². The van der Waals surface area contributed by atoms with E-state index in [0.717, 1.165) is 29.7 Å². The molecule has 0 spiro atoms. The smallest absolute Gasteiger partial charge is 0.337 e. The fourth-order valence-corrected chi connectivity index (χ4v) is 2.70. The van der Waals surface area contributed by atoms with Crippen LogP contribution in [0.3, 0.4) is 0 Å². The van der Waals surface area contributed by atoms with Crippen LogP contribution in [0, 0.1) is 6.92 Å². The molecule has 0 radical (unpaired) electrons. The van der Waals surface area contributed by atoms with Gasteiger partial charge in [0.25, 0.3) is 0 Å². The lowest BCUT2D eigenvalue weighted by Gasteiger charge is -2.27. The largest absolute Gasteiger partial charge is 0.490 e. The van der Waals surface area contributed by atoms with E-state index in [9.17, 15) is 9.59 Å². The van der Waals surface area contributed by atoms with Crippen molar-refractivity contribution in [2.45, 2.75) is 32.3 Å². The number of benzene rings is 2. The lowest BCUT2D eigenvalue weighted by Crippen LogP contribution is -2.24. The molecular weight excluding hydrogens is 330 g/mol. The summed E-state index contributed by atoms with van der Waals surface area (Å²) >= 11 is 0. The van der Waals surface area contributed by atoms with Crippen molar-refractivity contribution in [1.29, 1.82) is 0 Å². The summed E-state index contributed by atoms with van der Waals surface area (Å²) in [6.07, 6.45) is 6.86. The van der Waals surface area contributed by atoms with Crippen LogP contribution in [0.5, 0.6) is 5.75 Å². The molecule has 1 aliphatic carbocycles. The summed E-state index contributed by atoms with van der Waals surface area (Å²) in [5.74, 6) is -0.583. The number of carbonyl (C=O) groups excluding carboxylic acids is 1. The van der Waals surface area contributed by atoms with Crippen LogP contribution in [0.1, 0.15) is 40.7 Å². The number of carboxylic acids is 1. The molecule has 0 saturated heterocycles. The number of carbonyl (C=O) groups is 2. The molecule has 2 aromatic carbocycles. The maximum atomic E-state index is 12.1. The van der Waals surface area contributed by atoms with Crippen LogP contribution < -0.4 is 10.1 Å². The van der Waals surface area contributed by atoms with E-state index in [-0.39, 0.29) is 17.2 Å². The molecule has 0 bridgehead atoms. The van der Waals surface area contributed by atoms with Gasteiger partial charge in [-0.25, -0.2) is 4.79 Å². The Balaban J connectivity index is 1.65. The highest BCUT2D eigenvalue weighted by Gasteiger charge is 2.19. The van der Waals surface area contributed by atoms with E-state index in [2.05, 4.69) is 5.32 Å². The second-order valence-corrected chi connectivity index (χ2v) is 6.37. The standard InChI is InChI=1S/C21H21NO4/c1-14-13-15(9-11-19(14)26-16-5-4-6-16)10-12-20(23)22-18-8-3-2-7-17(18)21(24)25/h2-3,7-13,16H,4-6H2,1H3,(H,22,23)(H,24,25)/b12-10+. The number of rotatable bonds is 6. The number of hydrogen-bond donors (Lipinski definition) is 2. The number of ether oxygens (including phenoxy) is 1. The molecule has 3 rings (SSSR count). The van der Waals surface area contributed by atoms with Crippen molar-refractivity contribution in [3.63, 3.8) is 0 Å². The van der Waals surface area contributed by atoms with E-state index >= 15 is 0 Å². The maximum absolute atomic E-state index is 12.1. The van der Waals surface area contributed by atoms with Crippen molar-refractivity contribution >= 4 is 23.6 Å². The molecule has 1 aliphatic rings. The Morgan fingerprint density at radius 2 is 1.96 bits per heavy atom. The van der Waals surface area contributed by atoms with E-state index in [1.807, 2.05) is 25.1 Å². The van der Waals surface area contributed by atoms with Crippen LogP contribution in [0.25, 0.3) is 6.08 Å². The summed E-state index contributed by atoms with van der Waals surface area (Å²) in [6, 6.07) is 12.1. The highest BCUT2D eigenvalue weighted by Crippen LogP contribution is 2.28. The second-order valence-electron chi connectivity index (χ2n) is 6.37. The maximum Gasteiger partial charge on any atom is 0.337 e. The summed E-state index contributed by atoms with van der Waals surface area (Å²) in [5, 5.41) is 11.7. The van der Waals surface area contributed by atoms with Gasteiger partial charge >= 0.3 is 5.97 Å². The third-order valence-electron chi connectivity index (χ3n) is 4.39. The summed E-state index contributed by atoms with van der Waals surface area (Å²) in [4.78, 5) is 23.3. The van der Waals surface area contributed by atoms with E-state index < -0.39 is 5.97 Å². The van der Waals surface area contributed by atoms with Crippen molar-refractivity contribution in [3.8, 4) is 5.75 Å². The van der Waals surface area contributed by atoms with Gasteiger partial charge in [-0.05, 0) is 67.7 Å². The van der Waals surface area contributed by atoms with Gasteiger partial charge in [-0.15, -0.1) is 0 Å². The van der Waals surface area contributed by atoms with Crippen molar-refractivity contribution in [2.24, 2.45) is 0 Å². The van der Waals surface area contributed by atoms with Crippen LogP contribution in [0.2, 0.25) is 0 Å². The summed E-state index contributed by atoms with van der Waals surface area (Å²) < 4.78 is 5.92. The zero-order chi connectivity index (χ0) is 18.5. The van der Waals surface area contributed by atoms with Crippen LogP contribution in [-0.4, -0.2) is 23.1 Å². The van der Waals surface area contributed by atoms with Crippen LogP contribution in [0.15, 0.2) is 48.5 Å². The Kier molecular flexibility index (Phi) is 5.37. The number of nitrogens with one attached hydrogen (secondary N) is 1. The van der Waals surface area contributed by atoms with Gasteiger partial charge < -0.3 is 15.2 Å². The Hall–Kier alpha value is -3.08. The molecule has 1 saturated carbocycles. The third-order valence-corrected chi connectivity index (χ3v) is 4.39. The van der Waals surface area contributed by atoms with E-state index in [1.165, 1.54) is 18.6 Å². The Bertz CT molecular complexity index is 853. The molecule has 0 unspecified atom stereocenters. The van der Waals surface area contributed by atoms with Gasteiger partial charge in [0.05, 0.1) is 17.4 Å². The predicted molar refractivity (Wildman–Crippen MR) is 101 cm³/mol. The lowest BCUT2D eigenvalue weighted by atomic mass is 9.96. The number of amides is 1. The van der Waals surface area contributed by atoms with Crippen LogP contribution in [0.4, 0.5) is 5.69 Å². The summed E-state index contributed by atoms with van der Waals surface area (Å²) in [7, 11) is 0. The quantitative estimate of drug-likeness (QED) is 0.762. The SMILES string of the molecule is Cc1cc(/C=C/C(=O)Nc2ccccc2C(=O)O)ccc1OC1CCC1. The molecule has 26 heavy (non-hydrogen) atoms. The van der Waals surface area contributed by atoms with Crippen LogP contribution >= 0.6 is 0 Å². The monoisotopic (exact) mass is 351 g/mol. The van der Waals surface area contributed by atoms with E-state index in [1.54, 1.807) is 24.3 Å². The highest BCUT2D eigenvalue weighted by atomic mass is 16.5. The van der Waals surface area contributed by atoms with Gasteiger partial charge in [-0.2, -0.15) is 0 Å². The Labute approximate surface area is 152 Å². The molecule has 5 nitrogen and oxygen atoms in total. The third kappa shape index (κ3) is 4.30. The molecular formula is C21H21NO4. The molecule has 5 heteroatoms. The molecule has 0 heterocycles. The first-order valence-corrected chi connectivity index (χ1v) is 8.61. The fourth-order valence-electron chi connectivity index (χ4n) is 2.70. The number of hydrogen-bond acceptors (Lipinski definition) is 3. The average Bonchev–Trinajstić information content (AvgIpc) is 2.58. The molecule has 1 amide bonds. The van der Waals surface area contributed by atoms with Crippen molar-refractivity contribution in [2.75, 3.05) is 5.32 Å². The number of carboxylic acid groups (broad SMARTS) is 1. The van der Waals surface area contributed by atoms with Crippen molar-refractivity contribution in [3.05, 3.63) is 65.2 Å². The Morgan fingerprint density at radius 1 is 1.19 bits per heavy atom. The van der Waals surface area contributed by atoms with Crippen molar-refractivity contribution in [1.82, 2.24) is 0 Å². The number of aromatic carboxylic acids is 1. The van der Waals surface area contributed by atoms with Gasteiger partial charge in [0.15, 0.2) is 0 Å². The molecule has 1 fully saturated rings. The first-order valence-electron chi connectivity index (χ1n) is 8.61. The van der Waals surface area contributed by atoms with Gasteiger partial charge in [-0.1, -0.05) is 18.2 Å². The molecule has 0 aliphatic heterocycles. The predicted octanol–water partition coefficient (Wildman–Crippen LogP) is 4.28. The van der Waals surface area contributed by atoms with Crippen LogP contribution in [-0.2, 0) is 4.79 Å². The first-order chi connectivity index (χ1) is 12.5. The normalized spacial score (nSPS) is 14.0. The van der Waals surface area contributed by atoms with E-state index in [4.69, 9.17) is 9.84 Å². The second kappa shape index (κ2) is 7.87. The Morgan fingerprint density at radius 3 is 2.62 bits per heavy atom. The van der Waals surface area contributed by atoms with Gasteiger partial charge in [0.1, 0.15) is 5.75 Å². The minimum atomic E-state index is -1.08. The molecule has 134 valence electrons. The number of aryl methyl sites for hydroxylation is 1. The number of para-hydroxylation sites is 1. The molecule has 0 aromatic heterocycles. The lowest BCUT2D eigenvalue weighted by molar-refractivity contribution is -0.111. The number of anilines is 1. The zero-order valence-corrected chi connectivity index (χ0v) is 14.6. The van der Waals surface area contributed by atoms with Gasteiger partial charge in [-0.3, -0.25) is 4.79 Å².